The van der Waals surface area contributed by atoms with E-state index in [9.17, 15) is 9.59 Å². The predicted molar refractivity (Wildman–Crippen MR) is 116 cm³/mol. The first kappa shape index (κ1) is 22.5. The number of rotatable bonds is 8. The van der Waals surface area contributed by atoms with E-state index in [1.165, 1.54) is 4.90 Å². The van der Waals surface area contributed by atoms with Crippen LogP contribution in [0.4, 0.5) is 0 Å². The zero-order chi connectivity index (χ0) is 20.8. The summed E-state index contributed by atoms with van der Waals surface area (Å²) in [5.74, 6) is -0.570. The molecule has 2 rings (SSSR count). The van der Waals surface area contributed by atoms with E-state index in [0.29, 0.717) is 31.5 Å². The van der Waals surface area contributed by atoms with Gasteiger partial charge in [0, 0.05) is 39.3 Å². The van der Waals surface area contributed by atoms with Crippen LogP contribution in [0.15, 0.2) is 41.1 Å². The maximum Gasteiger partial charge on any atom is 0.303 e. The van der Waals surface area contributed by atoms with Crippen LogP contribution in [0.25, 0.3) is 0 Å². The van der Waals surface area contributed by atoms with Crippen molar-refractivity contribution in [3.8, 4) is 5.75 Å². The van der Waals surface area contributed by atoms with Crippen LogP contribution in [-0.2, 0) is 9.59 Å². The van der Waals surface area contributed by atoms with Crippen molar-refractivity contribution in [1.29, 1.82) is 0 Å². The topological polar surface area (TPSA) is 70.1 Å². The number of para-hydroxylation sites is 1. The van der Waals surface area contributed by atoms with Gasteiger partial charge in [0.2, 0.25) is 0 Å². The normalized spacial score (nSPS) is 16.1. The summed E-state index contributed by atoms with van der Waals surface area (Å²) in [6, 6.07) is 5.01. The Kier molecular flexibility index (Phi) is 8.18. The largest absolute Gasteiger partial charge is 0.481 e. The highest BCUT2D eigenvalue weighted by molar-refractivity contribution is 8.26. The van der Waals surface area contributed by atoms with E-state index in [4.69, 9.17) is 45.3 Å². The highest BCUT2D eigenvalue weighted by atomic mass is 35.5. The van der Waals surface area contributed by atoms with Gasteiger partial charge in [0.05, 0.1) is 15.0 Å². The fourth-order valence-corrected chi connectivity index (χ4v) is 4.02. The Labute approximate surface area is 182 Å². The lowest BCUT2D eigenvalue weighted by Crippen LogP contribution is -2.29. The number of carbonyl (C=O) groups is 2. The van der Waals surface area contributed by atoms with Crippen molar-refractivity contribution in [2.75, 3.05) is 20.6 Å². The summed E-state index contributed by atoms with van der Waals surface area (Å²) in [6.45, 7) is 0.248. The Morgan fingerprint density at radius 2 is 2.00 bits per heavy atom. The molecule has 0 radical (unpaired) electrons. The first-order chi connectivity index (χ1) is 13.2. The summed E-state index contributed by atoms with van der Waals surface area (Å²) in [7, 11) is 3.62. The monoisotopic (exact) mass is 460 g/mol. The lowest BCUT2D eigenvalue weighted by Gasteiger charge is -2.14. The molecule has 1 aliphatic heterocycles. The van der Waals surface area contributed by atoms with Gasteiger partial charge in [-0.3, -0.25) is 14.5 Å². The lowest BCUT2D eigenvalue weighted by atomic mass is 10.3. The number of carbonyl (C=O) groups excluding carboxylic acids is 1. The number of aliphatic carboxylic acids is 1. The van der Waals surface area contributed by atoms with E-state index in [-0.39, 0.29) is 24.6 Å². The van der Waals surface area contributed by atoms with E-state index in [1.807, 2.05) is 14.1 Å². The molecule has 1 amide bonds. The molecule has 1 N–H and O–H groups in total. The van der Waals surface area contributed by atoms with E-state index in [2.05, 4.69) is 0 Å². The van der Waals surface area contributed by atoms with Crippen molar-refractivity contribution in [2.24, 2.45) is 0 Å². The Balaban J connectivity index is 2.24. The number of thiocarbonyl (C=S) groups is 1. The minimum atomic E-state index is -0.915. The number of hydrogen-bond donors (Lipinski definition) is 1. The van der Waals surface area contributed by atoms with Gasteiger partial charge < -0.3 is 14.7 Å². The number of allylic oxidation sites excluding steroid dienone is 1. The number of benzene rings is 1. The van der Waals surface area contributed by atoms with Gasteiger partial charge in [0.25, 0.3) is 5.91 Å². The van der Waals surface area contributed by atoms with Crippen molar-refractivity contribution in [2.45, 2.75) is 12.8 Å². The Hall–Kier alpha value is -1.74. The third kappa shape index (κ3) is 6.13. The molecular weight excluding hydrogens is 443 g/mol. The standard InChI is InChI=1S/C18H18Cl2N2O4S2/c1-21(2)10-11(26-16-12(19)5-3-6-13(16)20)9-14-17(25)22(18(27)28-14)8-4-7-15(23)24/h3,5-6,9-10H,4,7-8H2,1-2H3,(H,23,24). The summed E-state index contributed by atoms with van der Waals surface area (Å²) in [5, 5.41) is 9.44. The molecule has 0 aromatic heterocycles. The van der Waals surface area contributed by atoms with Crippen LogP contribution in [0.3, 0.4) is 0 Å². The van der Waals surface area contributed by atoms with Gasteiger partial charge in [-0.2, -0.15) is 0 Å². The van der Waals surface area contributed by atoms with Crippen LogP contribution < -0.4 is 4.74 Å². The SMILES string of the molecule is CN(C)C=C(C=C1SC(=S)N(CCCC(=O)O)C1=O)Oc1c(Cl)cccc1Cl. The highest BCUT2D eigenvalue weighted by Crippen LogP contribution is 2.36. The number of carboxylic acid groups (broad SMARTS) is 1. The minimum Gasteiger partial charge on any atom is -0.481 e. The second-order valence-corrected chi connectivity index (χ2v) is 8.47. The number of halogens is 2. The first-order valence-electron chi connectivity index (χ1n) is 8.16. The number of amides is 1. The maximum absolute atomic E-state index is 12.7. The number of ether oxygens (including phenoxy) is 1. The summed E-state index contributed by atoms with van der Waals surface area (Å²) >= 11 is 18.7. The number of thioether (sulfide) groups is 1. The average Bonchev–Trinajstić information content (AvgIpc) is 2.84. The summed E-state index contributed by atoms with van der Waals surface area (Å²) in [5.41, 5.74) is 0. The molecule has 150 valence electrons. The Morgan fingerprint density at radius 1 is 1.36 bits per heavy atom. The molecule has 0 saturated carbocycles. The minimum absolute atomic E-state index is 0.0317. The van der Waals surface area contributed by atoms with Gasteiger partial charge in [-0.1, -0.05) is 53.2 Å². The van der Waals surface area contributed by atoms with Crippen molar-refractivity contribution < 1.29 is 19.4 Å². The molecule has 1 saturated heterocycles. The Morgan fingerprint density at radius 3 is 2.57 bits per heavy atom. The van der Waals surface area contributed by atoms with Gasteiger partial charge in [-0.05, 0) is 18.6 Å². The van der Waals surface area contributed by atoms with E-state index >= 15 is 0 Å². The summed E-state index contributed by atoms with van der Waals surface area (Å²) < 4.78 is 6.23. The first-order valence-corrected chi connectivity index (χ1v) is 10.1. The predicted octanol–water partition coefficient (Wildman–Crippen LogP) is 4.38. The fourth-order valence-electron chi connectivity index (χ4n) is 2.26. The highest BCUT2D eigenvalue weighted by Gasteiger charge is 2.32. The smallest absolute Gasteiger partial charge is 0.303 e. The third-order valence-corrected chi connectivity index (χ3v) is 5.42. The molecule has 28 heavy (non-hydrogen) atoms. The van der Waals surface area contributed by atoms with Crippen molar-refractivity contribution >= 4 is 63.4 Å². The Bertz CT molecular complexity index is 836. The maximum atomic E-state index is 12.7. The molecular formula is C18H18Cl2N2O4S2. The molecule has 0 unspecified atom stereocenters. The second kappa shape index (κ2) is 10.2. The number of carboxylic acids is 1. The van der Waals surface area contributed by atoms with Crippen LogP contribution >= 0.6 is 47.2 Å². The van der Waals surface area contributed by atoms with Gasteiger partial charge >= 0.3 is 5.97 Å². The lowest BCUT2D eigenvalue weighted by molar-refractivity contribution is -0.137. The zero-order valence-electron chi connectivity index (χ0n) is 15.1. The van der Waals surface area contributed by atoms with Gasteiger partial charge in [-0.15, -0.1) is 0 Å². The van der Waals surface area contributed by atoms with Crippen LogP contribution in [0.1, 0.15) is 12.8 Å². The van der Waals surface area contributed by atoms with Crippen LogP contribution in [0.5, 0.6) is 5.75 Å². The van der Waals surface area contributed by atoms with Gasteiger partial charge in [-0.25, -0.2) is 0 Å². The fraction of sp³-hybridized carbons (Fsp3) is 0.278. The molecule has 0 spiro atoms. The van der Waals surface area contributed by atoms with E-state index in [1.54, 1.807) is 35.4 Å². The second-order valence-electron chi connectivity index (χ2n) is 5.98. The average molecular weight is 461 g/mol. The quantitative estimate of drug-likeness (QED) is 0.350. The summed E-state index contributed by atoms with van der Waals surface area (Å²) in [4.78, 5) is 26.8. The molecule has 1 aliphatic rings. The molecule has 1 aromatic carbocycles. The molecule has 0 atom stereocenters. The van der Waals surface area contributed by atoms with Crippen LogP contribution in [0.2, 0.25) is 10.0 Å². The summed E-state index contributed by atoms with van der Waals surface area (Å²) in [6.07, 6.45) is 3.53. The molecule has 0 bridgehead atoms. The molecule has 10 heteroatoms. The van der Waals surface area contributed by atoms with E-state index < -0.39 is 5.97 Å². The number of hydrogen-bond acceptors (Lipinski definition) is 6. The van der Waals surface area contributed by atoms with Crippen molar-refractivity contribution in [3.63, 3.8) is 0 Å². The third-order valence-electron chi connectivity index (χ3n) is 3.44. The van der Waals surface area contributed by atoms with Crippen LogP contribution in [0, 0.1) is 0 Å². The molecule has 1 aromatic rings. The van der Waals surface area contributed by atoms with Crippen molar-refractivity contribution in [1.82, 2.24) is 9.80 Å². The van der Waals surface area contributed by atoms with Gasteiger partial charge in [0.15, 0.2) is 5.75 Å². The molecule has 6 nitrogen and oxygen atoms in total. The van der Waals surface area contributed by atoms with Gasteiger partial charge in [0.1, 0.15) is 10.1 Å². The molecule has 0 aliphatic carbocycles. The molecule has 1 heterocycles. The van der Waals surface area contributed by atoms with Crippen molar-refractivity contribution in [3.05, 3.63) is 51.2 Å². The van der Waals surface area contributed by atoms with E-state index in [0.717, 1.165) is 11.8 Å². The van der Waals surface area contributed by atoms with Crippen LogP contribution in [-0.4, -0.2) is 51.7 Å². The number of nitrogens with zero attached hydrogens (tertiary/aromatic N) is 2. The zero-order valence-corrected chi connectivity index (χ0v) is 18.3. The molecule has 1 fully saturated rings.